The van der Waals surface area contributed by atoms with Gasteiger partial charge in [-0.15, -0.1) is 0 Å². The van der Waals surface area contributed by atoms with Crippen LogP contribution in [-0.4, -0.2) is 0 Å². The van der Waals surface area contributed by atoms with Crippen LogP contribution in [0.1, 0.15) is 102 Å². The SMILES string of the molecule is CCCCCCc1ccc(N(c2ccc(-c3ccc(N(c4ccc(C(C)(C)C)cc4)c4ccc5c(c4)CC5)cc3)cc2)c2ccc(C(C)(C)C)cc2)cc1. The lowest BCUT2D eigenvalue weighted by Crippen LogP contribution is -2.15. The molecule has 2 heteroatoms. The molecule has 276 valence electrons. The molecule has 2 nitrogen and oxygen atoms in total. The molecule has 54 heavy (non-hydrogen) atoms. The molecular formula is C52H58N2. The van der Waals surface area contributed by atoms with Gasteiger partial charge in [-0.1, -0.05) is 134 Å². The van der Waals surface area contributed by atoms with Gasteiger partial charge in [0.25, 0.3) is 0 Å². The summed E-state index contributed by atoms with van der Waals surface area (Å²) in [6.45, 7) is 15.9. The molecule has 0 bridgehead atoms. The van der Waals surface area contributed by atoms with Gasteiger partial charge in [-0.3, -0.25) is 0 Å². The Morgan fingerprint density at radius 3 is 1.19 bits per heavy atom. The first-order chi connectivity index (χ1) is 26.0. The molecule has 7 rings (SSSR count). The zero-order valence-electron chi connectivity index (χ0n) is 33.6. The Morgan fingerprint density at radius 2 is 0.796 bits per heavy atom. The second kappa shape index (κ2) is 15.7. The normalized spacial score (nSPS) is 12.6. The molecule has 0 atom stereocenters. The summed E-state index contributed by atoms with van der Waals surface area (Å²) < 4.78 is 0. The molecule has 0 heterocycles. The number of fused-ring (bicyclic) bond motifs is 1. The first kappa shape index (κ1) is 37.2. The third kappa shape index (κ3) is 8.34. The number of nitrogens with zero attached hydrogens (tertiary/aromatic N) is 2. The number of hydrogen-bond acceptors (Lipinski definition) is 2. The highest BCUT2D eigenvalue weighted by atomic mass is 15.1. The van der Waals surface area contributed by atoms with Crippen LogP contribution in [0.3, 0.4) is 0 Å². The second-order valence-corrected chi connectivity index (χ2v) is 17.3. The van der Waals surface area contributed by atoms with E-state index >= 15 is 0 Å². The monoisotopic (exact) mass is 710 g/mol. The van der Waals surface area contributed by atoms with Crippen LogP contribution in [-0.2, 0) is 30.1 Å². The molecule has 0 saturated carbocycles. The average Bonchev–Trinajstić information content (AvgIpc) is 3.15. The minimum atomic E-state index is 0.107. The first-order valence-electron chi connectivity index (χ1n) is 20.2. The van der Waals surface area contributed by atoms with Gasteiger partial charge in [0, 0.05) is 34.1 Å². The molecule has 0 aromatic heterocycles. The van der Waals surface area contributed by atoms with Gasteiger partial charge in [-0.05, 0) is 148 Å². The summed E-state index contributed by atoms with van der Waals surface area (Å²) in [6, 6.07) is 52.6. The van der Waals surface area contributed by atoms with Crippen LogP contribution in [0, 0.1) is 0 Å². The van der Waals surface area contributed by atoms with Crippen LogP contribution >= 0.6 is 0 Å². The van der Waals surface area contributed by atoms with E-state index in [4.69, 9.17) is 0 Å². The molecule has 0 saturated heterocycles. The molecule has 6 aromatic carbocycles. The molecule has 0 N–H and O–H groups in total. The van der Waals surface area contributed by atoms with Crippen LogP contribution in [0.5, 0.6) is 0 Å². The Bertz CT molecular complexity index is 2130. The number of hydrogen-bond donors (Lipinski definition) is 0. The third-order valence-corrected chi connectivity index (χ3v) is 11.2. The molecule has 0 radical (unpaired) electrons. The van der Waals surface area contributed by atoms with E-state index in [1.165, 1.54) is 100 Å². The quantitative estimate of drug-likeness (QED) is 0.117. The Labute approximate surface area is 325 Å². The van der Waals surface area contributed by atoms with Crippen LogP contribution in [0.15, 0.2) is 140 Å². The maximum Gasteiger partial charge on any atom is 0.0464 e. The third-order valence-electron chi connectivity index (χ3n) is 11.2. The predicted molar refractivity (Wildman–Crippen MR) is 234 cm³/mol. The topological polar surface area (TPSA) is 6.48 Å². The average molecular weight is 711 g/mol. The lowest BCUT2D eigenvalue weighted by Gasteiger charge is -2.29. The van der Waals surface area contributed by atoms with Crippen molar-refractivity contribution in [1.82, 2.24) is 0 Å². The van der Waals surface area contributed by atoms with Gasteiger partial charge in [-0.25, -0.2) is 0 Å². The highest BCUT2D eigenvalue weighted by molar-refractivity contribution is 5.81. The van der Waals surface area contributed by atoms with E-state index in [0.717, 1.165) is 17.8 Å². The standard InChI is InChI=1S/C52H58N2/c1-8-9-10-11-12-38-13-26-45(27-14-38)53(48-33-22-43(23-34-48)51(2,3)4)46-28-17-39(18-29-46)40-19-30-47(31-20-40)54(50-32-21-41-15-16-42(41)37-50)49-35-24-44(25-36-49)52(5,6)7/h13-14,17-37H,8-12,15-16H2,1-7H3. The van der Waals surface area contributed by atoms with Crippen LogP contribution < -0.4 is 9.80 Å². The molecule has 0 aliphatic heterocycles. The Balaban J connectivity index is 1.17. The van der Waals surface area contributed by atoms with Crippen molar-refractivity contribution in [2.45, 2.75) is 104 Å². The minimum Gasteiger partial charge on any atom is -0.311 e. The number of benzene rings is 6. The van der Waals surface area contributed by atoms with E-state index in [9.17, 15) is 0 Å². The highest BCUT2D eigenvalue weighted by Crippen LogP contribution is 2.40. The van der Waals surface area contributed by atoms with E-state index in [0.29, 0.717) is 0 Å². The van der Waals surface area contributed by atoms with Gasteiger partial charge in [-0.2, -0.15) is 0 Å². The molecule has 0 amide bonds. The van der Waals surface area contributed by atoms with E-state index < -0.39 is 0 Å². The van der Waals surface area contributed by atoms with Gasteiger partial charge in [0.15, 0.2) is 0 Å². The van der Waals surface area contributed by atoms with E-state index in [-0.39, 0.29) is 10.8 Å². The van der Waals surface area contributed by atoms with Crippen molar-refractivity contribution in [1.29, 1.82) is 0 Å². The van der Waals surface area contributed by atoms with Crippen LogP contribution in [0.25, 0.3) is 11.1 Å². The van der Waals surface area contributed by atoms with Crippen LogP contribution in [0.2, 0.25) is 0 Å². The number of unbranched alkanes of at least 4 members (excludes halogenated alkanes) is 3. The predicted octanol–water partition coefficient (Wildman–Crippen LogP) is 15.1. The largest absolute Gasteiger partial charge is 0.311 e. The summed E-state index contributed by atoms with van der Waals surface area (Å²) in [5.74, 6) is 0. The van der Waals surface area contributed by atoms with E-state index in [2.05, 4.69) is 198 Å². The Kier molecular flexibility index (Phi) is 10.8. The van der Waals surface area contributed by atoms with Gasteiger partial charge in [0.1, 0.15) is 0 Å². The molecule has 6 aromatic rings. The molecule has 1 aliphatic rings. The molecule has 0 spiro atoms. The summed E-state index contributed by atoms with van der Waals surface area (Å²) in [6.07, 6.45) is 8.64. The number of aryl methyl sites for hydroxylation is 3. The smallest absolute Gasteiger partial charge is 0.0464 e. The Morgan fingerprint density at radius 1 is 0.407 bits per heavy atom. The molecule has 0 fully saturated rings. The lowest BCUT2D eigenvalue weighted by molar-refractivity contribution is 0.590. The molecule has 0 unspecified atom stereocenters. The van der Waals surface area contributed by atoms with E-state index in [1.807, 2.05) is 0 Å². The summed E-state index contributed by atoms with van der Waals surface area (Å²) >= 11 is 0. The maximum absolute atomic E-state index is 2.40. The number of rotatable bonds is 12. The van der Waals surface area contributed by atoms with Gasteiger partial charge in [0.05, 0.1) is 0 Å². The second-order valence-electron chi connectivity index (χ2n) is 17.3. The van der Waals surface area contributed by atoms with Crippen molar-refractivity contribution in [3.63, 3.8) is 0 Å². The van der Waals surface area contributed by atoms with Crippen molar-refractivity contribution in [3.05, 3.63) is 167 Å². The minimum absolute atomic E-state index is 0.107. The fourth-order valence-electron chi connectivity index (χ4n) is 7.61. The van der Waals surface area contributed by atoms with Crippen LogP contribution in [0.4, 0.5) is 34.1 Å². The van der Waals surface area contributed by atoms with E-state index in [1.54, 1.807) is 0 Å². The fourth-order valence-corrected chi connectivity index (χ4v) is 7.61. The summed E-state index contributed by atoms with van der Waals surface area (Å²) in [5.41, 5.74) is 16.7. The van der Waals surface area contributed by atoms with Crippen molar-refractivity contribution in [2.75, 3.05) is 9.80 Å². The highest BCUT2D eigenvalue weighted by Gasteiger charge is 2.21. The fraction of sp³-hybridized carbons (Fsp3) is 0.308. The summed E-state index contributed by atoms with van der Waals surface area (Å²) in [4.78, 5) is 4.79. The molecular weight excluding hydrogens is 653 g/mol. The van der Waals surface area contributed by atoms with Crippen molar-refractivity contribution in [2.24, 2.45) is 0 Å². The van der Waals surface area contributed by atoms with Crippen molar-refractivity contribution < 1.29 is 0 Å². The van der Waals surface area contributed by atoms with Gasteiger partial charge < -0.3 is 9.80 Å². The lowest BCUT2D eigenvalue weighted by atomic mass is 9.87. The van der Waals surface area contributed by atoms with Gasteiger partial charge in [0.2, 0.25) is 0 Å². The van der Waals surface area contributed by atoms with Crippen molar-refractivity contribution in [3.8, 4) is 11.1 Å². The van der Waals surface area contributed by atoms with Crippen molar-refractivity contribution >= 4 is 34.1 Å². The zero-order valence-corrected chi connectivity index (χ0v) is 33.6. The zero-order chi connectivity index (χ0) is 37.9. The first-order valence-corrected chi connectivity index (χ1v) is 20.2. The van der Waals surface area contributed by atoms with Gasteiger partial charge >= 0.3 is 0 Å². The summed E-state index contributed by atoms with van der Waals surface area (Å²) in [5, 5.41) is 0. The maximum atomic E-state index is 2.40. The number of anilines is 6. The molecule has 1 aliphatic carbocycles. The summed E-state index contributed by atoms with van der Waals surface area (Å²) in [7, 11) is 0. The Hall–Kier alpha value is -5.08.